The Balaban J connectivity index is 2.33. The van der Waals surface area contributed by atoms with Crippen LogP contribution in [0.5, 0.6) is 11.5 Å². The van der Waals surface area contributed by atoms with Gasteiger partial charge in [-0.15, -0.1) is 0 Å². The van der Waals surface area contributed by atoms with Gasteiger partial charge < -0.3 is 9.47 Å². The highest BCUT2D eigenvalue weighted by atomic mass is 79.9. The number of benzene rings is 1. The van der Waals surface area contributed by atoms with Crippen LogP contribution in [0, 0.1) is 5.92 Å². The molecule has 4 heteroatoms. The Morgan fingerprint density at radius 2 is 1.68 bits per heavy atom. The van der Waals surface area contributed by atoms with Crippen molar-refractivity contribution >= 4 is 31.9 Å². The molecular formula is C15H20Br2O2. The van der Waals surface area contributed by atoms with Gasteiger partial charge in [-0.25, -0.2) is 0 Å². The quantitative estimate of drug-likeness (QED) is 0.632. The Morgan fingerprint density at radius 3 is 2.26 bits per heavy atom. The first-order valence-corrected chi connectivity index (χ1v) is 8.61. The number of rotatable bonds is 4. The van der Waals surface area contributed by atoms with E-state index in [1.165, 1.54) is 5.56 Å². The van der Waals surface area contributed by atoms with Crippen LogP contribution in [-0.2, 0) is 0 Å². The highest BCUT2D eigenvalue weighted by molar-refractivity contribution is 9.11. The van der Waals surface area contributed by atoms with Crippen LogP contribution in [0.2, 0.25) is 0 Å². The molecule has 0 aromatic heterocycles. The van der Waals surface area contributed by atoms with Gasteiger partial charge in [0.1, 0.15) is 0 Å². The van der Waals surface area contributed by atoms with Crippen LogP contribution >= 0.6 is 31.9 Å². The first-order chi connectivity index (χ1) is 9.17. The van der Waals surface area contributed by atoms with Crippen LogP contribution in [0.4, 0.5) is 0 Å². The summed E-state index contributed by atoms with van der Waals surface area (Å²) in [7, 11) is 0. The largest absolute Gasteiger partial charge is 0.490 e. The number of hydrogen-bond donors (Lipinski definition) is 0. The minimum Gasteiger partial charge on any atom is -0.490 e. The Morgan fingerprint density at radius 1 is 1.11 bits per heavy atom. The van der Waals surface area contributed by atoms with E-state index < -0.39 is 0 Å². The molecule has 0 aliphatic carbocycles. The number of ether oxygens (including phenoxy) is 2. The van der Waals surface area contributed by atoms with Crippen LogP contribution in [0.1, 0.15) is 43.5 Å². The van der Waals surface area contributed by atoms with E-state index in [0.717, 1.165) is 48.4 Å². The van der Waals surface area contributed by atoms with Crippen LogP contribution in [0.3, 0.4) is 0 Å². The molecule has 0 spiro atoms. The second kappa shape index (κ2) is 6.98. The molecule has 2 rings (SSSR count). The van der Waals surface area contributed by atoms with Gasteiger partial charge in [0.25, 0.3) is 0 Å². The number of fused-ring (bicyclic) bond motifs is 1. The minimum atomic E-state index is 0.342. The third-order valence-corrected chi connectivity index (χ3v) is 5.55. The van der Waals surface area contributed by atoms with Crippen molar-refractivity contribution in [1.82, 2.24) is 0 Å². The monoisotopic (exact) mass is 390 g/mol. The lowest BCUT2D eigenvalue weighted by atomic mass is 9.94. The zero-order valence-electron chi connectivity index (χ0n) is 11.4. The molecule has 1 heterocycles. The lowest BCUT2D eigenvalue weighted by molar-refractivity contribution is 0.297. The highest BCUT2D eigenvalue weighted by Crippen LogP contribution is 2.43. The number of hydrogen-bond acceptors (Lipinski definition) is 2. The Hall–Kier alpha value is -0.220. The van der Waals surface area contributed by atoms with Crippen molar-refractivity contribution in [3.8, 4) is 11.5 Å². The van der Waals surface area contributed by atoms with Crippen LogP contribution in [0.15, 0.2) is 16.6 Å². The number of alkyl halides is 1. The third-order valence-electron chi connectivity index (χ3n) is 3.63. The molecule has 1 unspecified atom stereocenters. The molecule has 0 amide bonds. The predicted octanol–water partition coefficient (Wildman–Crippen LogP) is 5.48. The van der Waals surface area contributed by atoms with E-state index in [9.17, 15) is 0 Å². The smallest absolute Gasteiger partial charge is 0.162 e. The maximum Gasteiger partial charge on any atom is 0.162 e. The fourth-order valence-electron chi connectivity index (χ4n) is 2.37. The number of halogens is 2. The second-order valence-corrected chi connectivity index (χ2v) is 6.69. The van der Waals surface area contributed by atoms with Crippen LogP contribution in [-0.4, -0.2) is 13.2 Å². The molecule has 1 aliphatic heterocycles. The van der Waals surface area contributed by atoms with Crippen molar-refractivity contribution in [2.75, 3.05) is 13.2 Å². The van der Waals surface area contributed by atoms with E-state index in [1.54, 1.807) is 0 Å². The first kappa shape index (κ1) is 15.2. The molecule has 0 bridgehead atoms. The first-order valence-electron chi connectivity index (χ1n) is 6.90. The molecule has 0 fully saturated rings. The molecule has 0 N–H and O–H groups in total. The van der Waals surface area contributed by atoms with Crippen LogP contribution in [0.25, 0.3) is 0 Å². The fourth-order valence-corrected chi connectivity index (χ4v) is 4.37. The van der Waals surface area contributed by atoms with Gasteiger partial charge in [0.15, 0.2) is 11.5 Å². The van der Waals surface area contributed by atoms with Crippen molar-refractivity contribution in [2.45, 2.75) is 37.9 Å². The summed E-state index contributed by atoms with van der Waals surface area (Å²) in [6.07, 6.45) is 3.26. The summed E-state index contributed by atoms with van der Waals surface area (Å²) in [4.78, 5) is 0.342. The molecule has 1 aliphatic rings. The molecule has 0 saturated carbocycles. The predicted molar refractivity (Wildman–Crippen MR) is 85.5 cm³/mol. The Kier molecular flexibility index (Phi) is 5.58. The average molecular weight is 392 g/mol. The van der Waals surface area contributed by atoms with Crippen LogP contribution < -0.4 is 9.47 Å². The molecule has 2 nitrogen and oxygen atoms in total. The van der Waals surface area contributed by atoms with E-state index >= 15 is 0 Å². The van der Waals surface area contributed by atoms with Gasteiger partial charge in [-0.1, -0.05) is 58.5 Å². The van der Waals surface area contributed by atoms with Gasteiger partial charge in [0.05, 0.1) is 13.2 Å². The zero-order valence-corrected chi connectivity index (χ0v) is 14.6. The second-order valence-electron chi connectivity index (χ2n) is 4.85. The summed E-state index contributed by atoms with van der Waals surface area (Å²) in [5.41, 5.74) is 1.25. The molecule has 0 radical (unpaired) electrons. The fraction of sp³-hybridized carbons (Fsp3) is 0.600. The van der Waals surface area contributed by atoms with Crippen molar-refractivity contribution in [3.63, 3.8) is 0 Å². The van der Waals surface area contributed by atoms with Crippen molar-refractivity contribution < 1.29 is 9.47 Å². The summed E-state index contributed by atoms with van der Waals surface area (Å²) < 4.78 is 12.6. The van der Waals surface area contributed by atoms with Crippen molar-refractivity contribution in [1.29, 1.82) is 0 Å². The van der Waals surface area contributed by atoms with Gasteiger partial charge >= 0.3 is 0 Å². The molecule has 1 aromatic carbocycles. The van der Waals surface area contributed by atoms with Crippen molar-refractivity contribution in [2.24, 2.45) is 5.92 Å². The molecule has 106 valence electrons. The van der Waals surface area contributed by atoms with Gasteiger partial charge in [-0.3, -0.25) is 0 Å². The standard InChI is InChI=1S/C15H20Br2O2/c1-3-10(4-2)15(17)11-8-13-14(9-12(11)16)19-7-5-6-18-13/h8-10,15H,3-7H2,1-2H3. The van der Waals surface area contributed by atoms with Gasteiger partial charge in [-0.05, 0) is 23.6 Å². The summed E-state index contributed by atoms with van der Waals surface area (Å²) in [6, 6.07) is 4.15. The van der Waals surface area contributed by atoms with E-state index in [4.69, 9.17) is 9.47 Å². The maximum atomic E-state index is 5.77. The highest BCUT2D eigenvalue weighted by Gasteiger charge is 2.22. The van der Waals surface area contributed by atoms with E-state index in [0.29, 0.717) is 10.7 Å². The molecule has 0 saturated heterocycles. The average Bonchev–Trinajstić information content (AvgIpc) is 2.63. The third kappa shape index (κ3) is 3.46. The summed E-state index contributed by atoms with van der Waals surface area (Å²) in [5, 5.41) is 0. The van der Waals surface area contributed by atoms with Gasteiger partial charge in [-0.2, -0.15) is 0 Å². The van der Waals surface area contributed by atoms with E-state index in [-0.39, 0.29) is 0 Å². The normalized spacial score (nSPS) is 16.3. The minimum absolute atomic E-state index is 0.342. The van der Waals surface area contributed by atoms with E-state index in [1.807, 2.05) is 6.07 Å². The lowest BCUT2D eigenvalue weighted by Crippen LogP contribution is -2.07. The molecule has 1 atom stereocenters. The maximum absolute atomic E-state index is 5.77. The topological polar surface area (TPSA) is 18.5 Å². The summed E-state index contributed by atoms with van der Waals surface area (Å²) in [5.74, 6) is 2.34. The summed E-state index contributed by atoms with van der Waals surface area (Å²) in [6.45, 7) is 5.92. The van der Waals surface area contributed by atoms with Gasteiger partial charge in [0.2, 0.25) is 0 Å². The Labute approximate surface area is 132 Å². The Bertz CT molecular complexity index is 430. The SMILES string of the molecule is CCC(CC)C(Br)c1cc2c(cc1Br)OCCCO2. The van der Waals surface area contributed by atoms with Gasteiger partial charge in [0, 0.05) is 15.7 Å². The molecular weight excluding hydrogens is 372 g/mol. The van der Waals surface area contributed by atoms with Crippen molar-refractivity contribution in [3.05, 3.63) is 22.2 Å². The molecule has 1 aromatic rings. The summed E-state index contributed by atoms with van der Waals surface area (Å²) >= 11 is 7.51. The molecule has 19 heavy (non-hydrogen) atoms. The lowest BCUT2D eigenvalue weighted by Gasteiger charge is -2.22. The zero-order chi connectivity index (χ0) is 13.8. The van der Waals surface area contributed by atoms with E-state index in [2.05, 4.69) is 51.8 Å².